The monoisotopic (exact) mass is 232 g/mol. The summed E-state index contributed by atoms with van der Waals surface area (Å²) in [5.74, 6) is -1.53. The van der Waals surface area contributed by atoms with Gasteiger partial charge in [0.1, 0.15) is 0 Å². The number of carbonyl (C=O) groups is 2. The van der Waals surface area contributed by atoms with Crippen molar-refractivity contribution in [1.82, 2.24) is 5.32 Å². The molecule has 0 aromatic carbocycles. The number of nitrogens with one attached hydrogen (secondary N) is 1. The average molecular weight is 232 g/mol. The smallest absolute Gasteiger partial charge is 0.332 e. The largest absolute Gasteiger partial charge is 0.479 e. The van der Waals surface area contributed by atoms with Gasteiger partial charge in [-0.05, 0) is 5.92 Å². The Kier molecular flexibility index (Phi) is 6.67. The van der Waals surface area contributed by atoms with E-state index in [0.717, 1.165) is 6.42 Å². The van der Waals surface area contributed by atoms with Crippen LogP contribution in [0.1, 0.15) is 26.7 Å². The molecule has 0 fully saturated rings. The normalized spacial score (nSPS) is 16.2. The van der Waals surface area contributed by atoms with Crippen molar-refractivity contribution in [2.24, 2.45) is 11.7 Å². The number of rotatable bonds is 7. The maximum atomic E-state index is 11.4. The lowest BCUT2D eigenvalue weighted by molar-refractivity contribution is -0.147. The molecule has 6 nitrogen and oxygen atoms in total. The van der Waals surface area contributed by atoms with Gasteiger partial charge in [0, 0.05) is 13.0 Å². The summed E-state index contributed by atoms with van der Waals surface area (Å²) in [5, 5.41) is 19.8. The molecule has 0 aromatic heterocycles. The molecular weight excluding hydrogens is 212 g/mol. The quantitative estimate of drug-likeness (QED) is 0.464. The predicted molar refractivity (Wildman–Crippen MR) is 58.7 cm³/mol. The maximum Gasteiger partial charge on any atom is 0.332 e. The summed E-state index contributed by atoms with van der Waals surface area (Å²) in [7, 11) is 0. The molecule has 0 spiro atoms. The third kappa shape index (κ3) is 5.09. The molecule has 94 valence electrons. The maximum absolute atomic E-state index is 11.4. The number of carbonyl (C=O) groups excluding carboxylic acids is 1. The number of carboxylic acid groups (broad SMARTS) is 1. The summed E-state index contributed by atoms with van der Waals surface area (Å²) in [6.45, 7) is 3.92. The van der Waals surface area contributed by atoms with E-state index in [4.69, 9.17) is 15.9 Å². The summed E-state index contributed by atoms with van der Waals surface area (Å²) in [6, 6.07) is -0.591. The zero-order valence-corrected chi connectivity index (χ0v) is 9.64. The number of carboxylic acids is 1. The van der Waals surface area contributed by atoms with Crippen LogP contribution < -0.4 is 11.1 Å². The first-order valence-electron chi connectivity index (χ1n) is 5.34. The van der Waals surface area contributed by atoms with Gasteiger partial charge in [0.2, 0.25) is 5.91 Å². The average Bonchev–Trinajstić information content (AvgIpc) is 2.26. The Hall–Kier alpha value is -1.14. The van der Waals surface area contributed by atoms with Crippen LogP contribution in [-0.4, -0.2) is 40.8 Å². The number of amides is 1. The highest BCUT2D eigenvalue weighted by Crippen LogP contribution is 2.04. The lowest BCUT2D eigenvalue weighted by Gasteiger charge is -2.17. The highest BCUT2D eigenvalue weighted by molar-refractivity contribution is 5.81. The fraction of sp³-hybridized carbons (Fsp3) is 0.800. The van der Waals surface area contributed by atoms with Gasteiger partial charge in [0.15, 0.2) is 6.10 Å². The molecule has 6 heteroatoms. The van der Waals surface area contributed by atoms with Gasteiger partial charge in [-0.3, -0.25) is 4.79 Å². The SMILES string of the molecule is CC[C@H](C)[C@H](N)C(=O)NCC[C@H](O)C(=O)O. The highest BCUT2D eigenvalue weighted by Gasteiger charge is 2.19. The summed E-state index contributed by atoms with van der Waals surface area (Å²) >= 11 is 0. The predicted octanol–water partition coefficient (Wildman–Crippen LogP) is -0.688. The van der Waals surface area contributed by atoms with Crippen molar-refractivity contribution < 1.29 is 19.8 Å². The third-order valence-corrected chi connectivity index (χ3v) is 2.56. The minimum absolute atomic E-state index is 0.0195. The second-order valence-corrected chi connectivity index (χ2v) is 3.85. The molecule has 0 aliphatic heterocycles. The van der Waals surface area contributed by atoms with E-state index < -0.39 is 18.1 Å². The van der Waals surface area contributed by atoms with E-state index in [1.807, 2.05) is 13.8 Å². The van der Waals surface area contributed by atoms with Crippen molar-refractivity contribution in [3.8, 4) is 0 Å². The van der Waals surface area contributed by atoms with Gasteiger partial charge >= 0.3 is 5.97 Å². The van der Waals surface area contributed by atoms with Gasteiger partial charge in [-0.1, -0.05) is 20.3 Å². The van der Waals surface area contributed by atoms with Gasteiger partial charge in [0.05, 0.1) is 6.04 Å². The van der Waals surface area contributed by atoms with E-state index in [9.17, 15) is 9.59 Å². The number of hydrogen-bond donors (Lipinski definition) is 4. The van der Waals surface area contributed by atoms with Crippen LogP contribution in [0.25, 0.3) is 0 Å². The molecule has 0 saturated carbocycles. The Labute approximate surface area is 94.8 Å². The number of aliphatic hydroxyl groups is 1. The molecule has 0 radical (unpaired) electrons. The van der Waals surface area contributed by atoms with E-state index >= 15 is 0 Å². The molecule has 16 heavy (non-hydrogen) atoms. The van der Waals surface area contributed by atoms with E-state index in [2.05, 4.69) is 5.32 Å². The molecule has 0 aliphatic rings. The van der Waals surface area contributed by atoms with Crippen molar-refractivity contribution >= 4 is 11.9 Å². The Balaban J connectivity index is 3.85. The minimum Gasteiger partial charge on any atom is -0.479 e. The van der Waals surface area contributed by atoms with Crippen LogP contribution in [0.5, 0.6) is 0 Å². The Morgan fingerprint density at radius 2 is 2.00 bits per heavy atom. The molecule has 5 N–H and O–H groups in total. The van der Waals surface area contributed by atoms with Gasteiger partial charge < -0.3 is 21.3 Å². The van der Waals surface area contributed by atoms with Crippen molar-refractivity contribution in [2.45, 2.75) is 38.8 Å². The molecule has 0 saturated heterocycles. The van der Waals surface area contributed by atoms with E-state index in [0.29, 0.717) is 0 Å². The molecule has 0 aromatic rings. The van der Waals surface area contributed by atoms with Crippen molar-refractivity contribution in [2.75, 3.05) is 6.54 Å². The number of nitrogens with two attached hydrogens (primary N) is 1. The van der Waals surface area contributed by atoms with Crippen LogP contribution in [0.2, 0.25) is 0 Å². The zero-order chi connectivity index (χ0) is 12.7. The number of hydrogen-bond acceptors (Lipinski definition) is 4. The first-order chi connectivity index (χ1) is 7.40. The summed E-state index contributed by atoms with van der Waals surface area (Å²) in [4.78, 5) is 21.7. The molecule has 3 atom stereocenters. The Morgan fingerprint density at radius 3 is 2.44 bits per heavy atom. The van der Waals surface area contributed by atoms with Gasteiger partial charge in [-0.2, -0.15) is 0 Å². The van der Waals surface area contributed by atoms with E-state index in [1.54, 1.807) is 0 Å². The first-order valence-corrected chi connectivity index (χ1v) is 5.34. The topological polar surface area (TPSA) is 113 Å². The standard InChI is InChI=1S/C10H20N2O4/c1-3-6(2)8(11)9(14)12-5-4-7(13)10(15)16/h6-8,13H,3-5,11H2,1-2H3,(H,12,14)(H,15,16)/t6-,7-,8-/m0/s1. The van der Waals surface area contributed by atoms with Crippen LogP contribution in [0, 0.1) is 5.92 Å². The fourth-order valence-electron chi connectivity index (χ4n) is 1.09. The number of aliphatic carboxylic acids is 1. The van der Waals surface area contributed by atoms with E-state index in [-0.39, 0.29) is 24.8 Å². The second kappa shape index (κ2) is 7.19. The molecule has 0 unspecified atom stereocenters. The van der Waals surface area contributed by atoms with Crippen molar-refractivity contribution in [1.29, 1.82) is 0 Å². The molecule has 0 heterocycles. The van der Waals surface area contributed by atoms with Gasteiger partial charge in [-0.15, -0.1) is 0 Å². The van der Waals surface area contributed by atoms with E-state index in [1.165, 1.54) is 0 Å². The summed E-state index contributed by atoms with van der Waals surface area (Å²) in [6.07, 6.45) is -0.666. The Morgan fingerprint density at radius 1 is 1.44 bits per heavy atom. The van der Waals surface area contributed by atoms with Crippen LogP contribution >= 0.6 is 0 Å². The van der Waals surface area contributed by atoms with Crippen LogP contribution in [0.15, 0.2) is 0 Å². The lowest BCUT2D eigenvalue weighted by Crippen LogP contribution is -2.45. The summed E-state index contributed by atoms with van der Waals surface area (Å²) < 4.78 is 0. The van der Waals surface area contributed by atoms with Crippen molar-refractivity contribution in [3.05, 3.63) is 0 Å². The first kappa shape index (κ1) is 14.9. The fourth-order valence-corrected chi connectivity index (χ4v) is 1.09. The van der Waals surface area contributed by atoms with Crippen LogP contribution in [-0.2, 0) is 9.59 Å². The molecule has 0 bridgehead atoms. The second-order valence-electron chi connectivity index (χ2n) is 3.85. The third-order valence-electron chi connectivity index (χ3n) is 2.56. The summed E-state index contributed by atoms with van der Waals surface area (Å²) in [5.41, 5.74) is 5.66. The van der Waals surface area contributed by atoms with Crippen LogP contribution in [0.3, 0.4) is 0 Å². The highest BCUT2D eigenvalue weighted by atomic mass is 16.4. The lowest BCUT2D eigenvalue weighted by atomic mass is 9.99. The van der Waals surface area contributed by atoms with Crippen LogP contribution in [0.4, 0.5) is 0 Å². The zero-order valence-electron chi connectivity index (χ0n) is 9.64. The minimum atomic E-state index is -1.44. The van der Waals surface area contributed by atoms with Gasteiger partial charge in [0.25, 0.3) is 0 Å². The number of aliphatic hydroxyl groups excluding tert-OH is 1. The molecular formula is C10H20N2O4. The molecule has 0 aliphatic carbocycles. The molecule has 0 rings (SSSR count). The Bertz CT molecular complexity index is 245. The van der Waals surface area contributed by atoms with Gasteiger partial charge in [-0.25, -0.2) is 4.79 Å². The molecule has 1 amide bonds. The van der Waals surface area contributed by atoms with Crippen molar-refractivity contribution in [3.63, 3.8) is 0 Å².